The molecule has 0 unspecified atom stereocenters. The minimum Gasteiger partial charge on any atom is -0.454 e. The van der Waals surface area contributed by atoms with Gasteiger partial charge in [-0.15, -0.1) is 0 Å². The maximum absolute atomic E-state index is 11.3. The number of hydrogen-bond donors (Lipinski definition) is 0. The molecule has 0 aliphatic carbocycles. The first-order valence-electron chi connectivity index (χ1n) is 7.19. The summed E-state index contributed by atoms with van der Waals surface area (Å²) in [5.74, 6) is 1.24. The number of carbonyl (C=O) groups is 1. The van der Waals surface area contributed by atoms with Crippen molar-refractivity contribution in [1.29, 1.82) is 0 Å². The van der Waals surface area contributed by atoms with Crippen LogP contribution in [-0.4, -0.2) is 16.1 Å². The minimum atomic E-state index is 0.567. The third-order valence-electron chi connectivity index (χ3n) is 3.51. The molecule has 0 spiro atoms. The monoisotopic (exact) mass is 282 g/mol. The van der Waals surface area contributed by atoms with Gasteiger partial charge in [0.1, 0.15) is 11.3 Å². The number of rotatable bonds is 5. The predicted molar refractivity (Wildman–Crippen MR) is 82.3 cm³/mol. The first kappa shape index (κ1) is 13.6. The molecule has 4 nitrogen and oxygen atoms in total. The van der Waals surface area contributed by atoms with Crippen LogP contribution in [0.15, 0.2) is 40.9 Å². The summed E-state index contributed by atoms with van der Waals surface area (Å²) >= 11 is 0. The van der Waals surface area contributed by atoms with Crippen LogP contribution < -0.4 is 0 Å². The molecule has 21 heavy (non-hydrogen) atoms. The molecule has 0 aliphatic rings. The highest BCUT2D eigenvalue weighted by molar-refractivity contribution is 5.88. The molecule has 0 saturated carbocycles. The fraction of sp³-hybridized carbons (Fsp3) is 0.294. The summed E-state index contributed by atoms with van der Waals surface area (Å²) in [5, 5.41) is 5.53. The number of benzene rings is 1. The number of nitrogens with zero attached hydrogens (tertiary/aromatic N) is 2. The molecule has 3 aromatic rings. The van der Waals surface area contributed by atoms with Gasteiger partial charge in [0.25, 0.3) is 0 Å². The van der Waals surface area contributed by atoms with Gasteiger partial charge in [-0.3, -0.25) is 9.48 Å². The van der Waals surface area contributed by atoms with E-state index in [-0.39, 0.29) is 0 Å². The second-order valence-electron chi connectivity index (χ2n) is 5.64. The number of aromatic nitrogens is 2. The zero-order valence-electron chi connectivity index (χ0n) is 12.2. The lowest BCUT2D eigenvalue weighted by atomic mass is 10.1. The molecule has 0 amide bonds. The lowest BCUT2D eigenvalue weighted by molar-refractivity contribution is 0.112. The zero-order chi connectivity index (χ0) is 14.8. The summed E-state index contributed by atoms with van der Waals surface area (Å²) in [7, 11) is 0. The van der Waals surface area contributed by atoms with Gasteiger partial charge < -0.3 is 4.42 Å². The SMILES string of the molecule is CC(C)CCn1cc(C=O)c(-c2cc3ccccc3o2)n1. The van der Waals surface area contributed by atoms with E-state index in [1.165, 1.54) is 0 Å². The Hall–Kier alpha value is -2.36. The Bertz CT molecular complexity index is 735. The van der Waals surface area contributed by atoms with E-state index in [1.807, 2.05) is 35.0 Å². The van der Waals surface area contributed by atoms with Crippen LogP contribution in [0.3, 0.4) is 0 Å². The largest absolute Gasteiger partial charge is 0.454 e. The standard InChI is InChI=1S/C17H18N2O2/c1-12(2)7-8-19-10-14(11-20)17(18-19)16-9-13-5-3-4-6-15(13)21-16/h3-6,9-12H,7-8H2,1-2H3. The smallest absolute Gasteiger partial charge is 0.156 e. The van der Waals surface area contributed by atoms with Crippen LogP contribution in [0.25, 0.3) is 22.4 Å². The van der Waals surface area contributed by atoms with Crippen molar-refractivity contribution in [2.75, 3.05) is 0 Å². The lowest BCUT2D eigenvalue weighted by Gasteiger charge is -2.03. The summed E-state index contributed by atoms with van der Waals surface area (Å²) in [6.07, 6.45) is 3.65. The molecule has 0 saturated heterocycles. The molecule has 1 aromatic carbocycles. The van der Waals surface area contributed by atoms with Gasteiger partial charge in [-0.05, 0) is 24.5 Å². The van der Waals surface area contributed by atoms with Crippen LogP contribution in [0.2, 0.25) is 0 Å². The molecule has 0 radical (unpaired) electrons. The zero-order valence-corrected chi connectivity index (χ0v) is 12.2. The van der Waals surface area contributed by atoms with E-state index in [4.69, 9.17) is 4.42 Å². The van der Waals surface area contributed by atoms with E-state index in [2.05, 4.69) is 18.9 Å². The highest BCUT2D eigenvalue weighted by atomic mass is 16.3. The Balaban J connectivity index is 1.98. The number of hydrogen-bond acceptors (Lipinski definition) is 3. The third kappa shape index (κ3) is 2.75. The Labute approximate surface area is 123 Å². The highest BCUT2D eigenvalue weighted by Gasteiger charge is 2.15. The molecule has 0 bridgehead atoms. The molecular weight excluding hydrogens is 264 g/mol. The second kappa shape index (κ2) is 5.56. The van der Waals surface area contributed by atoms with Gasteiger partial charge in [0.15, 0.2) is 12.0 Å². The molecule has 0 atom stereocenters. The Morgan fingerprint density at radius 1 is 1.33 bits per heavy atom. The Morgan fingerprint density at radius 2 is 2.14 bits per heavy atom. The Kier molecular flexibility index (Phi) is 3.60. The molecule has 4 heteroatoms. The molecule has 2 heterocycles. The number of para-hydroxylation sites is 1. The Morgan fingerprint density at radius 3 is 2.86 bits per heavy atom. The van der Waals surface area contributed by atoms with Gasteiger partial charge in [0, 0.05) is 18.1 Å². The molecule has 108 valence electrons. The van der Waals surface area contributed by atoms with Gasteiger partial charge in [0.2, 0.25) is 0 Å². The predicted octanol–water partition coefficient (Wildman–Crippen LogP) is 4.15. The molecule has 0 aliphatic heterocycles. The molecule has 2 aromatic heterocycles. The van der Waals surface area contributed by atoms with E-state index >= 15 is 0 Å². The van der Waals surface area contributed by atoms with Crippen molar-refractivity contribution < 1.29 is 9.21 Å². The van der Waals surface area contributed by atoms with Crippen LogP contribution >= 0.6 is 0 Å². The number of furan rings is 1. The summed E-state index contributed by atoms with van der Waals surface area (Å²) < 4.78 is 7.63. The van der Waals surface area contributed by atoms with Crippen molar-refractivity contribution in [3.05, 3.63) is 42.1 Å². The van der Waals surface area contributed by atoms with Crippen molar-refractivity contribution in [3.63, 3.8) is 0 Å². The van der Waals surface area contributed by atoms with E-state index in [9.17, 15) is 4.79 Å². The fourth-order valence-corrected chi connectivity index (χ4v) is 2.32. The highest BCUT2D eigenvalue weighted by Crippen LogP contribution is 2.28. The van der Waals surface area contributed by atoms with Gasteiger partial charge >= 0.3 is 0 Å². The first-order valence-corrected chi connectivity index (χ1v) is 7.19. The van der Waals surface area contributed by atoms with Crippen molar-refractivity contribution in [1.82, 2.24) is 9.78 Å². The molecule has 0 N–H and O–H groups in total. The normalized spacial score (nSPS) is 11.4. The van der Waals surface area contributed by atoms with E-state index in [0.29, 0.717) is 22.9 Å². The third-order valence-corrected chi connectivity index (χ3v) is 3.51. The van der Waals surface area contributed by atoms with Crippen LogP contribution in [0.1, 0.15) is 30.6 Å². The molecular formula is C17H18N2O2. The number of carbonyl (C=O) groups excluding carboxylic acids is 1. The van der Waals surface area contributed by atoms with Gasteiger partial charge in [-0.2, -0.15) is 5.10 Å². The van der Waals surface area contributed by atoms with Crippen molar-refractivity contribution in [2.45, 2.75) is 26.8 Å². The maximum Gasteiger partial charge on any atom is 0.156 e. The van der Waals surface area contributed by atoms with Crippen LogP contribution in [0, 0.1) is 5.92 Å². The number of fused-ring (bicyclic) bond motifs is 1. The summed E-state index contributed by atoms with van der Waals surface area (Å²) in [6.45, 7) is 5.15. The van der Waals surface area contributed by atoms with E-state index in [1.54, 1.807) is 6.20 Å². The topological polar surface area (TPSA) is 48.0 Å². The van der Waals surface area contributed by atoms with E-state index in [0.717, 1.165) is 30.2 Å². The summed E-state index contributed by atoms with van der Waals surface area (Å²) in [4.78, 5) is 11.3. The second-order valence-corrected chi connectivity index (χ2v) is 5.64. The summed E-state index contributed by atoms with van der Waals surface area (Å²) in [6, 6.07) is 9.71. The van der Waals surface area contributed by atoms with Crippen LogP contribution in [-0.2, 0) is 6.54 Å². The number of aryl methyl sites for hydroxylation is 1. The first-order chi connectivity index (χ1) is 10.2. The lowest BCUT2D eigenvalue weighted by Crippen LogP contribution is -2.01. The van der Waals surface area contributed by atoms with Gasteiger partial charge in [-0.1, -0.05) is 32.0 Å². The van der Waals surface area contributed by atoms with Crippen molar-refractivity contribution >= 4 is 17.3 Å². The fourth-order valence-electron chi connectivity index (χ4n) is 2.32. The summed E-state index contributed by atoms with van der Waals surface area (Å²) in [5.41, 5.74) is 1.99. The number of aldehydes is 1. The molecule has 3 rings (SSSR count). The van der Waals surface area contributed by atoms with Crippen molar-refractivity contribution in [3.8, 4) is 11.5 Å². The minimum absolute atomic E-state index is 0.567. The van der Waals surface area contributed by atoms with E-state index < -0.39 is 0 Å². The average Bonchev–Trinajstić information content (AvgIpc) is 3.08. The molecule has 0 fully saturated rings. The van der Waals surface area contributed by atoms with Crippen LogP contribution in [0.5, 0.6) is 0 Å². The quantitative estimate of drug-likeness (QED) is 0.660. The van der Waals surface area contributed by atoms with Crippen molar-refractivity contribution in [2.24, 2.45) is 5.92 Å². The average molecular weight is 282 g/mol. The van der Waals surface area contributed by atoms with Crippen LogP contribution in [0.4, 0.5) is 0 Å². The van der Waals surface area contributed by atoms with Gasteiger partial charge in [-0.25, -0.2) is 0 Å². The van der Waals surface area contributed by atoms with Gasteiger partial charge in [0.05, 0.1) is 5.56 Å². The maximum atomic E-state index is 11.3.